The minimum atomic E-state index is -3.93. The van der Waals surface area contributed by atoms with Crippen LogP contribution in [0.4, 0.5) is 9.93 Å². The monoisotopic (exact) mass is 839 g/mol. The molecule has 16 nitrogen and oxygen atoms in total. The highest BCUT2D eigenvalue weighted by atomic mass is 32.2. The lowest BCUT2D eigenvalue weighted by molar-refractivity contribution is -0.143. The molecule has 0 spiro atoms. The lowest BCUT2D eigenvalue weighted by atomic mass is 9.85. The number of sulfonamides is 1. The van der Waals surface area contributed by atoms with E-state index in [1.54, 1.807) is 54.7 Å². The Balaban J connectivity index is 1.35. The number of anilines is 1. The first-order chi connectivity index (χ1) is 27.0. The fraction of sp³-hybridized carbons (Fsp3) is 0.550. The number of rotatable bonds is 13. The number of methoxy groups -OCH3 is 1. The zero-order chi connectivity index (χ0) is 42.5. The van der Waals surface area contributed by atoms with E-state index in [0.29, 0.717) is 35.4 Å². The molecular weight excluding hydrogens is 787 g/mol. The molecule has 2 aromatic heterocycles. The maximum atomic E-state index is 14.7. The van der Waals surface area contributed by atoms with E-state index in [1.807, 2.05) is 42.6 Å². The van der Waals surface area contributed by atoms with Gasteiger partial charge in [-0.3, -0.25) is 19.1 Å². The van der Waals surface area contributed by atoms with Crippen LogP contribution < -0.4 is 29.7 Å². The van der Waals surface area contributed by atoms with Crippen molar-refractivity contribution in [3.8, 4) is 23.0 Å². The molecule has 1 aliphatic heterocycles. The van der Waals surface area contributed by atoms with Crippen molar-refractivity contribution in [1.29, 1.82) is 0 Å². The van der Waals surface area contributed by atoms with Crippen LogP contribution in [0, 0.1) is 11.3 Å². The first-order valence-corrected chi connectivity index (χ1v) is 21.6. The van der Waals surface area contributed by atoms with Gasteiger partial charge in [-0.2, -0.15) is 0 Å². The molecule has 0 bridgehead atoms. The van der Waals surface area contributed by atoms with Gasteiger partial charge >= 0.3 is 6.09 Å². The maximum absolute atomic E-state index is 14.7. The standard InChI is InChI=1S/C40H53N7O9S2/c1-11-23-19-40(23,35(50)45-58(52,53)26-13-14-26)44-32(48)30-18-25(20-47(30)34(49)31(38(2,3)4)43-37(51)56-39(5,6)7)55-33-27-15-12-24(54-10)16-22(27)17-28(41-33)29-21-57-36(42-29)46(8)9/h11-12,15-17,21,23,25-26,30-31H,1,13-14,18-20H2,2-10H3,(H,43,51)(H,44,48)(H,45,50)/t23?,25-,30+,31-,40-/m1/s1. The third-order valence-corrected chi connectivity index (χ3v) is 13.1. The number of pyridine rings is 1. The molecular formula is C40H53N7O9S2. The summed E-state index contributed by atoms with van der Waals surface area (Å²) in [5, 5.41) is 8.95. The van der Waals surface area contributed by atoms with Gasteiger partial charge in [0.1, 0.15) is 40.8 Å². The molecule has 314 valence electrons. The topological polar surface area (TPSA) is 198 Å². The molecule has 2 saturated carbocycles. The Labute approximate surface area is 343 Å². The van der Waals surface area contributed by atoms with E-state index in [4.69, 9.17) is 24.2 Å². The lowest BCUT2D eigenvalue weighted by Crippen LogP contribution is -2.60. The number of amides is 4. The number of carbonyl (C=O) groups excluding carboxylic acids is 4. The number of benzene rings is 1. The summed E-state index contributed by atoms with van der Waals surface area (Å²) < 4.78 is 45.4. The first kappa shape index (κ1) is 42.6. The molecule has 3 heterocycles. The van der Waals surface area contributed by atoms with Gasteiger partial charge in [-0.25, -0.2) is 23.2 Å². The normalized spacial score (nSPS) is 22.4. The highest BCUT2D eigenvalue weighted by Gasteiger charge is 2.62. The van der Waals surface area contributed by atoms with Gasteiger partial charge in [-0.15, -0.1) is 17.9 Å². The molecule has 1 unspecified atom stereocenters. The Morgan fingerprint density at radius 1 is 1.07 bits per heavy atom. The molecule has 0 radical (unpaired) electrons. The number of thiazole rings is 1. The lowest BCUT2D eigenvalue weighted by Gasteiger charge is -2.36. The summed E-state index contributed by atoms with van der Waals surface area (Å²) >= 11 is 1.46. The van der Waals surface area contributed by atoms with Gasteiger partial charge in [0.15, 0.2) is 5.13 Å². The second kappa shape index (κ2) is 15.7. The summed E-state index contributed by atoms with van der Waals surface area (Å²) in [6, 6.07) is 4.98. The van der Waals surface area contributed by atoms with Gasteiger partial charge in [0, 0.05) is 37.2 Å². The molecule has 3 aliphatic rings. The second-order valence-corrected chi connectivity index (χ2v) is 20.2. The third kappa shape index (κ3) is 9.17. The number of ether oxygens (including phenoxy) is 3. The molecule has 1 saturated heterocycles. The Hall–Kier alpha value is -4.97. The van der Waals surface area contributed by atoms with Crippen LogP contribution in [0.25, 0.3) is 22.2 Å². The average Bonchev–Trinajstić information content (AvgIpc) is 4.01. The van der Waals surface area contributed by atoms with E-state index in [1.165, 1.54) is 22.3 Å². The van der Waals surface area contributed by atoms with Crippen molar-refractivity contribution in [2.24, 2.45) is 11.3 Å². The van der Waals surface area contributed by atoms with Crippen LogP contribution >= 0.6 is 11.3 Å². The zero-order valence-corrected chi connectivity index (χ0v) is 36.0. The van der Waals surface area contributed by atoms with Gasteiger partial charge in [0.05, 0.1) is 24.6 Å². The fourth-order valence-electron chi connectivity index (χ4n) is 6.93. The van der Waals surface area contributed by atoms with E-state index >= 15 is 0 Å². The van der Waals surface area contributed by atoms with E-state index < -0.39 is 79.7 Å². The zero-order valence-electron chi connectivity index (χ0n) is 34.4. The van der Waals surface area contributed by atoms with Crippen molar-refractivity contribution in [2.75, 3.05) is 32.6 Å². The van der Waals surface area contributed by atoms with Crippen molar-refractivity contribution in [3.05, 3.63) is 42.3 Å². The van der Waals surface area contributed by atoms with Crippen LogP contribution in [0.3, 0.4) is 0 Å². The number of aromatic nitrogens is 2. The molecule has 58 heavy (non-hydrogen) atoms. The van der Waals surface area contributed by atoms with Crippen LogP contribution in [0.15, 0.2) is 42.3 Å². The smallest absolute Gasteiger partial charge is 0.408 e. The van der Waals surface area contributed by atoms with Gasteiger partial charge in [-0.05, 0) is 75.1 Å². The molecule has 5 atom stereocenters. The molecule has 2 aliphatic carbocycles. The first-order valence-electron chi connectivity index (χ1n) is 19.1. The number of alkyl carbamates (subject to hydrolysis) is 1. The number of hydrogen-bond acceptors (Lipinski definition) is 13. The molecule has 1 aromatic carbocycles. The highest BCUT2D eigenvalue weighted by molar-refractivity contribution is 7.91. The van der Waals surface area contributed by atoms with E-state index in [0.717, 1.165) is 10.5 Å². The number of nitrogens with one attached hydrogen (secondary N) is 3. The fourth-order valence-corrected chi connectivity index (χ4v) is 9.05. The molecule has 3 aromatic rings. The van der Waals surface area contributed by atoms with Crippen LogP contribution in [0.5, 0.6) is 11.6 Å². The molecule has 4 amide bonds. The summed E-state index contributed by atoms with van der Waals surface area (Å²) in [6.45, 7) is 14.2. The van der Waals surface area contributed by atoms with Gasteiger partial charge in [0.25, 0.3) is 5.91 Å². The Kier molecular flexibility index (Phi) is 11.5. The van der Waals surface area contributed by atoms with E-state index in [9.17, 15) is 27.6 Å². The second-order valence-electron chi connectivity index (χ2n) is 17.4. The van der Waals surface area contributed by atoms with Crippen LogP contribution in [-0.2, 0) is 29.1 Å². The predicted octanol–water partition coefficient (Wildman–Crippen LogP) is 4.39. The summed E-state index contributed by atoms with van der Waals surface area (Å²) in [4.78, 5) is 68.7. The third-order valence-electron chi connectivity index (χ3n) is 10.3. The summed E-state index contributed by atoms with van der Waals surface area (Å²) in [7, 11) is 1.44. The van der Waals surface area contributed by atoms with Crippen molar-refractivity contribution < 1.29 is 41.8 Å². The van der Waals surface area contributed by atoms with E-state index in [-0.39, 0.29) is 25.3 Å². The molecule has 6 rings (SSSR count). The number of carbonyl (C=O) groups is 4. The minimum Gasteiger partial charge on any atom is -0.497 e. The van der Waals surface area contributed by atoms with Crippen LogP contribution in [0.2, 0.25) is 0 Å². The minimum absolute atomic E-state index is 0.0251. The van der Waals surface area contributed by atoms with Crippen LogP contribution in [-0.4, -0.2) is 109 Å². The quantitative estimate of drug-likeness (QED) is 0.206. The molecule has 3 N–H and O–H groups in total. The molecule has 3 fully saturated rings. The summed E-state index contributed by atoms with van der Waals surface area (Å²) in [6.07, 6.45) is 0.881. The maximum Gasteiger partial charge on any atom is 0.408 e. The van der Waals surface area contributed by atoms with Gasteiger partial charge in [0.2, 0.25) is 27.7 Å². The Bertz CT molecular complexity index is 2230. The van der Waals surface area contributed by atoms with Crippen molar-refractivity contribution in [1.82, 2.24) is 30.2 Å². The van der Waals surface area contributed by atoms with Gasteiger partial charge < -0.3 is 34.6 Å². The number of likely N-dealkylation sites (tertiary alicyclic amines) is 1. The largest absolute Gasteiger partial charge is 0.497 e. The highest BCUT2D eigenvalue weighted by Crippen LogP contribution is 2.46. The van der Waals surface area contributed by atoms with E-state index in [2.05, 4.69) is 21.9 Å². The molecule has 18 heteroatoms. The Morgan fingerprint density at radius 3 is 2.34 bits per heavy atom. The summed E-state index contributed by atoms with van der Waals surface area (Å²) in [5.74, 6) is -1.82. The van der Waals surface area contributed by atoms with Crippen molar-refractivity contribution >= 4 is 61.1 Å². The van der Waals surface area contributed by atoms with Crippen LogP contribution in [0.1, 0.15) is 67.2 Å². The average molecular weight is 840 g/mol. The summed E-state index contributed by atoms with van der Waals surface area (Å²) in [5.41, 5.74) is -2.12. The number of hydrogen-bond donors (Lipinski definition) is 3. The Morgan fingerprint density at radius 2 is 1.78 bits per heavy atom. The number of fused-ring (bicyclic) bond motifs is 1. The van der Waals surface area contributed by atoms with Crippen molar-refractivity contribution in [3.63, 3.8) is 0 Å². The SMILES string of the molecule is C=CC1C[C@]1(NC(=O)[C@@H]1C[C@@H](Oc2nc(-c3csc(N(C)C)n3)cc3cc(OC)ccc23)CN1C(=O)[C@@H](NC(=O)OC(C)(C)C)C(C)(C)C)C(=O)NS(=O)(=O)C1CC1. The van der Waals surface area contributed by atoms with Gasteiger partial charge in [-0.1, -0.05) is 26.8 Å². The predicted molar refractivity (Wildman–Crippen MR) is 220 cm³/mol. The number of nitrogens with zero attached hydrogens (tertiary/aromatic N) is 4. The van der Waals surface area contributed by atoms with Crippen molar-refractivity contribution in [2.45, 2.75) is 102 Å².